The molecule has 3 atom stereocenters. The van der Waals surface area contributed by atoms with Crippen LogP contribution in [0.25, 0.3) is 0 Å². The lowest BCUT2D eigenvalue weighted by atomic mass is 9.92. The zero-order valence-electron chi connectivity index (χ0n) is 13.4. The van der Waals surface area contributed by atoms with E-state index >= 15 is 0 Å². The normalized spacial score (nSPS) is 23.0. The van der Waals surface area contributed by atoms with E-state index < -0.39 is 17.8 Å². The molecule has 0 spiro atoms. The van der Waals surface area contributed by atoms with E-state index in [1.165, 1.54) is 0 Å². The highest BCUT2D eigenvalue weighted by Crippen LogP contribution is 2.33. The van der Waals surface area contributed by atoms with Crippen LogP contribution < -0.4 is 5.32 Å². The maximum absolute atomic E-state index is 12.0. The summed E-state index contributed by atoms with van der Waals surface area (Å²) in [5, 5.41) is 13.2. The van der Waals surface area contributed by atoms with Crippen LogP contribution >= 0.6 is 0 Å². The molecule has 1 fully saturated rings. The fourth-order valence-electron chi connectivity index (χ4n) is 2.40. The predicted molar refractivity (Wildman–Crippen MR) is 83.4 cm³/mol. The van der Waals surface area contributed by atoms with Crippen LogP contribution in [0.15, 0.2) is 30.3 Å². The molecule has 5 heteroatoms. The summed E-state index contributed by atoms with van der Waals surface area (Å²) in [6, 6.07) is 9.12. The average Bonchev–Trinajstić information content (AvgIpc) is 3.23. The Kier molecular flexibility index (Phi) is 5.42. The maximum Gasteiger partial charge on any atom is 0.407 e. The van der Waals surface area contributed by atoms with Crippen molar-refractivity contribution in [3.05, 3.63) is 35.9 Å². The molecule has 1 heterocycles. The zero-order chi connectivity index (χ0) is 16.2. The van der Waals surface area contributed by atoms with Crippen LogP contribution in [0.2, 0.25) is 0 Å². The van der Waals surface area contributed by atoms with Gasteiger partial charge in [0, 0.05) is 0 Å². The van der Waals surface area contributed by atoms with E-state index in [2.05, 4.69) is 5.32 Å². The van der Waals surface area contributed by atoms with Crippen LogP contribution in [0.4, 0.5) is 4.79 Å². The Morgan fingerprint density at radius 1 is 1.41 bits per heavy atom. The van der Waals surface area contributed by atoms with Gasteiger partial charge in [0.2, 0.25) is 0 Å². The predicted octanol–water partition coefficient (Wildman–Crippen LogP) is 2.48. The summed E-state index contributed by atoms with van der Waals surface area (Å²) >= 11 is 0. The number of benzene rings is 1. The fraction of sp³-hybridized carbons (Fsp3) is 0.588. The van der Waals surface area contributed by atoms with Gasteiger partial charge in [-0.15, -0.1) is 0 Å². The molecule has 0 saturated carbocycles. The summed E-state index contributed by atoms with van der Waals surface area (Å²) in [4.78, 5) is 12.0. The van der Waals surface area contributed by atoms with Crippen molar-refractivity contribution < 1.29 is 19.4 Å². The van der Waals surface area contributed by atoms with Crippen LogP contribution in [-0.4, -0.2) is 35.6 Å². The summed E-state index contributed by atoms with van der Waals surface area (Å²) in [7, 11) is 0. The Bertz CT molecular complexity index is 485. The molecule has 22 heavy (non-hydrogen) atoms. The van der Waals surface area contributed by atoms with Crippen LogP contribution in [0.5, 0.6) is 0 Å². The van der Waals surface area contributed by atoms with Crippen LogP contribution in [0.1, 0.15) is 32.8 Å². The highest BCUT2D eigenvalue weighted by atomic mass is 16.6. The minimum Gasteiger partial charge on any atom is -0.445 e. The number of nitrogens with one attached hydrogen (secondary N) is 1. The van der Waals surface area contributed by atoms with Crippen molar-refractivity contribution in [1.29, 1.82) is 0 Å². The summed E-state index contributed by atoms with van der Waals surface area (Å²) in [6.45, 7) is 6.68. The molecule has 0 aliphatic carbocycles. The largest absolute Gasteiger partial charge is 0.445 e. The number of rotatable bonds is 7. The highest BCUT2D eigenvalue weighted by molar-refractivity contribution is 5.67. The number of carbonyl (C=O) groups excluding carboxylic acids is 1. The van der Waals surface area contributed by atoms with Crippen molar-refractivity contribution in [2.24, 2.45) is 5.92 Å². The molecule has 0 aromatic heterocycles. The van der Waals surface area contributed by atoms with Gasteiger partial charge in [-0.2, -0.15) is 0 Å². The lowest BCUT2D eigenvalue weighted by Gasteiger charge is -2.27. The molecule has 1 amide bonds. The van der Waals surface area contributed by atoms with Gasteiger partial charge >= 0.3 is 6.09 Å². The third kappa shape index (κ3) is 4.71. The highest BCUT2D eigenvalue weighted by Gasteiger charge is 2.50. The molecule has 2 rings (SSSR count). The quantitative estimate of drug-likeness (QED) is 0.759. The van der Waals surface area contributed by atoms with Crippen LogP contribution in [0, 0.1) is 5.92 Å². The summed E-state index contributed by atoms with van der Waals surface area (Å²) < 4.78 is 10.5. The van der Waals surface area contributed by atoms with Gasteiger partial charge in [0.1, 0.15) is 18.3 Å². The number of amides is 1. The SMILES string of the molecule is CC(C)C[C@@H](NC(=O)OCc1ccccc1)[C@H](O)[C@@]1(C)CO1. The third-order valence-corrected chi connectivity index (χ3v) is 3.85. The van der Waals surface area contributed by atoms with E-state index in [4.69, 9.17) is 9.47 Å². The lowest BCUT2D eigenvalue weighted by molar-refractivity contribution is 0.0406. The molecular weight excluding hydrogens is 282 g/mol. The second-order valence-corrected chi connectivity index (χ2v) is 6.49. The van der Waals surface area contributed by atoms with E-state index in [1.807, 2.05) is 51.1 Å². The van der Waals surface area contributed by atoms with Gasteiger partial charge < -0.3 is 19.9 Å². The molecule has 1 saturated heterocycles. The van der Waals surface area contributed by atoms with E-state index in [9.17, 15) is 9.90 Å². The number of hydrogen-bond acceptors (Lipinski definition) is 4. The average molecular weight is 307 g/mol. The lowest BCUT2D eigenvalue weighted by Crippen LogP contribution is -2.50. The molecule has 1 aliphatic heterocycles. The number of epoxide rings is 1. The molecule has 1 aromatic rings. The molecule has 122 valence electrons. The first-order valence-electron chi connectivity index (χ1n) is 7.70. The second kappa shape index (κ2) is 7.11. The van der Waals surface area contributed by atoms with E-state index in [1.54, 1.807) is 0 Å². The number of alkyl carbamates (subject to hydrolysis) is 1. The Morgan fingerprint density at radius 3 is 2.59 bits per heavy atom. The van der Waals surface area contributed by atoms with Crippen LogP contribution in [0.3, 0.4) is 0 Å². The molecule has 2 N–H and O–H groups in total. The van der Waals surface area contributed by atoms with Crippen LogP contribution in [-0.2, 0) is 16.1 Å². The van der Waals surface area contributed by atoms with Crippen molar-refractivity contribution >= 4 is 6.09 Å². The van der Waals surface area contributed by atoms with Crippen molar-refractivity contribution in [2.75, 3.05) is 6.61 Å². The molecule has 5 nitrogen and oxygen atoms in total. The first-order chi connectivity index (χ1) is 10.4. The van der Waals surface area contributed by atoms with Crippen molar-refractivity contribution in [1.82, 2.24) is 5.32 Å². The van der Waals surface area contributed by atoms with Gasteiger partial charge in [-0.25, -0.2) is 4.79 Å². The summed E-state index contributed by atoms with van der Waals surface area (Å²) in [6.07, 6.45) is -0.586. The van der Waals surface area contributed by atoms with Gasteiger partial charge in [0.25, 0.3) is 0 Å². The third-order valence-electron chi connectivity index (χ3n) is 3.85. The fourth-order valence-corrected chi connectivity index (χ4v) is 2.40. The monoisotopic (exact) mass is 307 g/mol. The van der Waals surface area contributed by atoms with Crippen molar-refractivity contribution in [3.63, 3.8) is 0 Å². The topological polar surface area (TPSA) is 71.1 Å². The van der Waals surface area contributed by atoms with Gasteiger partial charge in [-0.1, -0.05) is 44.2 Å². The van der Waals surface area contributed by atoms with E-state index in [0.29, 0.717) is 18.9 Å². The maximum atomic E-state index is 12.0. The number of ether oxygens (including phenoxy) is 2. The van der Waals surface area contributed by atoms with E-state index in [0.717, 1.165) is 5.56 Å². The minimum absolute atomic E-state index is 0.213. The molecule has 0 bridgehead atoms. The number of aliphatic hydroxyl groups excluding tert-OH is 1. The Labute approximate surface area is 131 Å². The molecular formula is C17H25NO4. The Balaban J connectivity index is 1.87. The van der Waals surface area contributed by atoms with Gasteiger partial charge in [0.15, 0.2) is 0 Å². The van der Waals surface area contributed by atoms with Gasteiger partial charge in [-0.3, -0.25) is 0 Å². The molecule has 0 radical (unpaired) electrons. The smallest absolute Gasteiger partial charge is 0.407 e. The summed E-state index contributed by atoms with van der Waals surface area (Å²) in [5.41, 5.74) is 0.378. The molecule has 1 aromatic carbocycles. The number of carbonyl (C=O) groups is 1. The second-order valence-electron chi connectivity index (χ2n) is 6.49. The Morgan fingerprint density at radius 2 is 2.05 bits per heavy atom. The van der Waals surface area contributed by atoms with Gasteiger partial charge in [-0.05, 0) is 24.8 Å². The standard InChI is InChI=1S/C17H25NO4/c1-12(2)9-14(15(19)17(3)11-22-17)18-16(20)21-10-13-7-5-4-6-8-13/h4-8,12,14-15,19H,9-11H2,1-3H3,(H,18,20)/t14-,15+,17-/m1/s1. The number of hydrogen-bond donors (Lipinski definition) is 2. The first-order valence-corrected chi connectivity index (χ1v) is 7.70. The minimum atomic E-state index is -0.737. The van der Waals surface area contributed by atoms with E-state index in [-0.39, 0.29) is 12.6 Å². The van der Waals surface area contributed by atoms with Gasteiger partial charge in [0.05, 0.1) is 12.6 Å². The number of aliphatic hydroxyl groups is 1. The molecule has 1 aliphatic rings. The summed E-state index contributed by atoms with van der Waals surface area (Å²) in [5.74, 6) is 0.344. The van der Waals surface area contributed by atoms with Crippen molar-refractivity contribution in [2.45, 2.75) is 51.5 Å². The molecule has 0 unspecified atom stereocenters. The Hall–Kier alpha value is -1.59. The zero-order valence-corrected chi connectivity index (χ0v) is 13.4. The first kappa shape index (κ1) is 16.8. The van der Waals surface area contributed by atoms with Crippen molar-refractivity contribution in [3.8, 4) is 0 Å².